The summed E-state index contributed by atoms with van der Waals surface area (Å²) in [5.74, 6) is 0.140. The zero-order valence-corrected chi connectivity index (χ0v) is 15.8. The van der Waals surface area contributed by atoms with Crippen molar-refractivity contribution < 1.29 is 9.59 Å². The van der Waals surface area contributed by atoms with Gasteiger partial charge in [0.25, 0.3) is 5.91 Å². The molecule has 1 saturated heterocycles. The number of hydrogen-bond donors (Lipinski definition) is 1. The molecule has 1 aromatic rings. The fourth-order valence-corrected chi connectivity index (χ4v) is 4.87. The minimum Gasteiger partial charge on any atom is -0.323 e. The van der Waals surface area contributed by atoms with Crippen LogP contribution in [0.4, 0.5) is 4.79 Å². The molecule has 2 atom stereocenters. The van der Waals surface area contributed by atoms with Crippen LogP contribution >= 0.6 is 22.9 Å². The zero-order valence-electron chi connectivity index (χ0n) is 14.2. The molecular formula is C17H24ClN3O2S. The number of carbonyl (C=O) groups is 2. The molecule has 2 aliphatic rings. The summed E-state index contributed by atoms with van der Waals surface area (Å²) in [5.41, 5.74) is -0.680. The number of nitrogens with one attached hydrogen (secondary N) is 1. The van der Waals surface area contributed by atoms with Gasteiger partial charge in [0.2, 0.25) is 0 Å². The lowest BCUT2D eigenvalue weighted by Gasteiger charge is -2.37. The van der Waals surface area contributed by atoms with Gasteiger partial charge in [-0.25, -0.2) is 9.69 Å². The molecule has 5 nitrogen and oxygen atoms in total. The molecule has 2 heterocycles. The van der Waals surface area contributed by atoms with Crippen LogP contribution in [0.15, 0.2) is 12.1 Å². The van der Waals surface area contributed by atoms with E-state index in [4.69, 9.17) is 11.6 Å². The highest BCUT2D eigenvalue weighted by atomic mass is 35.5. The highest BCUT2D eigenvalue weighted by Crippen LogP contribution is 2.38. The summed E-state index contributed by atoms with van der Waals surface area (Å²) < 4.78 is 0.756. The zero-order chi connectivity index (χ0) is 17.3. The van der Waals surface area contributed by atoms with E-state index in [1.807, 2.05) is 19.1 Å². The first kappa shape index (κ1) is 17.7. The van der Waals surface area contributed by atoms with E-state index in [-0.39, 0.29) is 17.9 Å². The number of halogens is 1. The Hall–Kier alpha value is -1.11. The molecule has 3 amide bonds. The van der Waals surface area contributed by atoms with Crippen LogP contribution in [-0.2, 0) is 11.3 Å². The van der Waals surface area contributed by atoms with E-state index in [9.17, 15) is 9.59 Å². The van der Waals surface area contributed by atoms with Gasteiger partial charge in [-0.05, 0) is 37.4 Å². The summed E-state index contributed by atoms with van der Waals surface area (Å²) >= 11 is 7.52. The molecule has 0 aromatic carbocycles. The van der Waals surface area contributed by atoms with Gasteiger partial charge in [-0.3, -0.25) is 9.69 Å². The monoisotopic (exact) mass is 369 g/mol. The van der Waals surface area contributed by atoms with Crippen LogP contribution < -0.4 is 5.32 Å². The molecule has 0 unspecified atom stereocenters. The molecule has 132 valence electrons. The molecule has 1 N–H and O–H groups in total. The number of carbonyl (C=O) groups excluding carboxylic acids is 2. The molecule has 0 radical (unpaired) electrons. The Bertz CT molecular complexity index is 635. The fraction of sp³-hybridized carbons (Fsp3) is 0.647. The van der Waals surface area contributed by atoms with Gasteiger partial charge in [0.05, 0.1) is 11.0 Å². The number of amides is 3. The fourth-order valence-electron chi connectivity index (χ4n) is 3.74. The van der Waals surface area contributed by atoms with Crippen molar-refractivity contribution in [2.24, 2.45) is 5.92 Å². The van der Waals surface area contributed by atoms with Crippen molar-refractivity contribution in [3.05, 3.63) is 21.3 Å². The Morgan fingerprint density at radius 1 is 1.42 bits per heavy atom. The summed E-state index contributed by atoms with van der Waals surface area (Å²) in [7, 11) is 0. The topological polar surface area (TPSA) is 52.6 Å². The number of nitrogens with zero attached hydrogens (tertiary/aromatic N) is 2. The van der Waals surface area contributed by atoms with Gasteiger partial charge in [0.1, 0.15) is 5.54 Å². The molecule has 1 aliphatic heterocycles. The first-order chi connectivity index (χ1) is 11.5. The maximum atomic E-state index is 13.0. The second-order valence-electron chi connectivity index (χ2n) is 6.77. The van der Waals surface area contributed by atoms with Gasteiger partial charge in [-0.15, -0.1) is 11.3 Å². The third-order valence-electron chi connectivity index (χ3n) is 5.30. The third kappa shape index (κ3) is 3.19. The normalized spacial score (nSPS) is 27.3. The lowest BCUT2D eigenvalue weighted by Crippen LogP contribution is -2.54. The lowest BCUT2D eigenvalue weighted by atomic mass is 9.73. The van der Waals surface area contributed by atoms with E-state index >= 15 is 0 Å². The van der Waals surface area contributed by atoms with Crippen molar-refractivity contribution in [2.75, 3.05) is 13.2 Å². The van der Waals surface area contributed by atoms with Crippen molar-refractivity contribution in [3.8, 4) is 0 Å². The molecule has 24 heavy (non-hydrogen) atoms. The first-order valence-electron chi connectivity index (χ1n) is 8.57. The van der Waals surface area contributed by atoms with Crippen LogP contribution in [0.5, 0.6) is 0 Å². The molecular weight excluding hydrogens is 346 g/mol. The van der Waals surface area contributed by atoms with Crippen molar-refractivity contribution >= 4 is 34.9 Å². The van der Waals surface area contributed by atoms with Gasteiger partial charge >= 0.3 is 6.03 Å². The van der Waals surface area contributed by atoms with Crippen LogP contribution in [0, 0.1) is 5.92 Å². The molecule has 0 bridgehead atoms. The predicted octanol–water partition coefficient (Wildman–Crippen LogP) is 3.68. The average Bonchev–Trinajstić information content (AvgIpc) is 3.06. The Morgan fingerprint density at radius 3 is 2.83 bits per heavy atom. The summed E-state index contributed by atoms with van der Waals surface area (Å²) in [5, 5.41) is 3.01. The van der Waals surface area contributed by atoms with Crippen molar-refractivity contribution in [3.63, 3.8) is 0 Å². The van der Waals surface area contributed by atoms with Crippen LogP contribution in [0.1, 0.15) is 44.4 Å². The predicted molar refractivity (Wildman–Crippen MR) is 96.0 cm³/mol. The second-order valence-corrected chi connectivity index (χ2v) is 8.57. The van der Waals surface area contributed by atoms with E-state index < -0.39 is 5.54 Å². The Morgan fingerprint density at radius 2 is 2.21 bits per heavy atom. The van der Waals surface area contributed by atoms with Crippen LogP contribution in [0.2, 0.25) is 4.34 Å². The molecule has 2 fully saturated rings. The van der Waals surface area contributed by atoms with E-state index in [0.29, 0.717) is 13.2 Å². The lowest BCUT2D eigenvalue weighted by molar-refractivity contribution is -0.135. The summed E-state index contributed by atoms with van der Waals surface area (Å²) in [6.07, 6.45) is 3.87. The molecule has 1 aromatic heterocycles. The third-order valence-corrected chi connectivity index (χ3v) is 6.51. The highest BCUT2D eigenvalue weighted by molar-refractivity contribution is 7.16. The molecule has 1 saturated carbocycles. The van der Waals surface area contributed by atoms with E-state index in [0.717, 1.165) is 41.4 Å². The van der Waals surface area contributed by atoms with E-state index in [1.54, 1.807) is 0 Å². The van der Waals surface area contributed by atoms with Crippen molar-refractivity contribution in [2.45, 2.75) is 51.6 Å². The first-order valence-corrected chi connectivity index (χ1v) is 9.76. The van der Waals surface area contributed by atoms with Crippen molar-refractivity contribution in [1.29, 1.82) is 0 Å². The molecule has 7 heteroatoms. The van der Waals surface area contributed by atoms with Gasteiger partial charge in [-0.1, -0.05) is 38.3 Å². The number of rotatable bonds is 5. The van der Waals surface area contributed by atoms with Gasteiger partial charge < -0.3 is 5.32 Å². The Balaban J connectivity index is 1.71. The SMILES string of the molecule is CCN(Cc1ccc(Cl)s1)CN1C(=O)N[C@@]2(CCCC[C@H]2C)C1=O. The Labute approximate surface area is 152 Å². The highest BCUT2D eigenvalue weighted by Gasteiger charge is 2.54. The number of hydrogen-bond acceptors (Lipinski definition) is 4. The number of imide groups is 1. The minimum atomic E-state index is -0.680. The standard InChI is InChI=1S/C17H24ClN3O2S/c1-3-20(10-13-7-8-14(18)24-13)11-21-15(22)17(19-16(21)23)9-5-4-6-12(17)2/h7-8,12H,3-6,9-11H2,1-2H3,(H,19,23)/t12-,17-/m1/s1. The minimum absolute atomic E-state index is 0.0534. The van der Waals surface area contributed by atoms with Crippen LogP contribution in [-0.4, -0.2) is 40.5 Å². The summed E-state index contributed by atoms with van der Waals surface area (Å²) in [6.45, 7) is 5.88. The summed E-state index contributed by atoms with van der Waals surface area (Å²) in [4.78, 5) is 30.1. The van der Waals surface area contributed by atoms with E-state index in [2.05, 4.69) is 17.1 Å². The quantitative estimate of drug-likeness (QED) is 0.805. The van der Waals surface area contributed by atoms with Gasteiger partial charge in [0.15, 0.2) is 0 Å². The maximum Gasteiger partial charge on any atom is 0.326 e. The van der Waals surface area contributed by atoms with Crippen LogP contribution in [0.25, 0.3) is 0 Å². The molecule has 3 rings (SSSR count). The molecule has 1 aliphatic carbocycles. The van der Waals surface area contributed by atoms with Crippen LogP contribution in [0.3, 0.4) is 0 Å². The number of thiophene rings is 1. The van der Waals surface area contributed by atoms with Gasteiger partial charge in [-0.2, -0.15) is 0 Å². The average molecular weight is 370 g/mol. The van der Waals surface area contributed by atoms with Crippen molar-refractivity contribution in [1.82, 2.24) is 15.1 Å². The van der Waals surface area contributed by atoms with E-state index in [1.165, 1.54) is 16.2 Å². The van der Waals surface area contributed by atoms with Gasteiger partial charge in [0, 0.05) is 11.4 Å². The number of urea groups is 1. The smallest absolute Gasteiger partial charge is 0.323 e. The molecule has 1 spiro atoms. The largest absolute Gasteiger partial charge is 0.326 e. The Kier molecular flexibility index (Phi) is 5.18. The summed E-state index contributed by atoms with van der Waals surface area (Å²) in [6, 6.07) is 3.62. The second kappa shape index (κ2) is 7.02. The maximum absolute atomic E-state index is 13.0.